The Bertz CT molecular complexity index is 1370. The van der Waals surface area contributed by atoms with Crippen LogP contribution in [0.1, 0.15) is 42.4 Å². The highest BCUT2D eigenvalue weighted by atomic mass is 16.5. The van der Waals surface area contributed by atoms with Crippen molar-refractivity contribution in [3.63, 3.8) is 0 Å². The first-order valence-electron chi connectivity index (χ1n) is 13.1. The average Bonchev–Trinajstić information content (AvgIpc) is 3.62. The minimum atomic E-state index is -1.33. The smallest absolute Gasteiger partial charge is 0.255 e. The van der Waals surface area contributed by atoms with E-state index in [1.54, 1.807) is 19.2 Å². The van der Waals surface area contributed by atoms with Crippen molar-refractivity contribution < 1.29 is 29.6 Å². The summed E-state index contributed by atoms with van der Waals surface area (Å²) in [6.45, 7) is 3.58. The monoisotopic (exact) mass is 504 g/mol. The van der Waals surface area contributed by atoms with Crippen LogP contribution in [-0.4, -0.2) is 64.1 Å². The predicted molar refractivity (Wildman–Crippen MR) is 136 cm³/mol. The number of phenolic OH excluding ortho intramolecular Hbond substituents is 1. The molecule has 194 valence electrons. The molecule has 4 N–H and O–H groups in total. The molecular weight excluding hydrogens is 472 g/mol. The lowest BCUT2D eigenvalue weighted by atomic mass is 9.49. The van der Waals surface area contributed by atoms with Crippen LogP contribution >= 0.6 is 0 Å². The number of benzene rings is 2. The van der Waals surface area contributed by atoms with Crippen molar-refractivity contribution in [2.75, 3.05) is 25.5 Å². The van der Waals surface area contributed by atoms with E-state index in [-0.39, 0.29) is 29.5 Å². The average molecular weight is 505 g/mol. The van der Waals surface area contributed by atoms with E-state index >= 15 is 0 Å². The number of piperidine rings is 1. The summed E-state index contributed by atoms with van der Waals surface area (Å²) in [7, 11) is 1.56. The number of nitrogens with one attached hydrogen (secondary N) is 1. The molecule has 5 aliphatic rings. The van der Waals surface area contributed by atoms with Crippen molar-refractivity contribution in [2.24, 2.45) is 5.92 Å². The lowest BCUT2D eigenvalue weighted by Gasteiger charge is -2.62. The van der Waals surface area contributed by atoms with Crippen LogP contribution < -0.4 is 14.8 Å². The molecular formula is C29H32N2O6. The largest absolute Gasteiger partial charge is 0.508 e. The molecule has 1 saturated heterocycles. The summed E-state index contributed by atoms with van der Waals surface area (Å²) in [5, 5.41) is 37.9. The van der Waals surface area contributed by atoms with Gasteiger partial charge in [0.05, 0.1) is 23.7 Å². The van der Waals surface area contributed by atoms with Crippen LogP contribution in [-0.2, 0) is 16.6 Å². The molecule has 2 fully saturated rings. The van der Waals surface area contributed by atoms with E-state index in [4.69, 9.17) is 9.47 Å². The maximum atomic E-state index is 13.7. The molecule has 0 radical (unpaired) electrons. The molecule has 37 heavy (non-hydrogen) atoms. The number of aryl methyl sites for hydroxylation is 1. The number of carbonyl (C=O) groups is 1. The van der Waals surface area contributed by atoms with Gasteiger partial charge < -0.3 is 30.1 Å². The van der Waals surface area contributed by atoms with Crippen molar-refractivity contribution >= 4 is 11.6 Å². The van der Waals surface area contributed by atoms with E-state index < -0.39 is 23.0 Å². The number of amides is 1. The van der Waals surface area contributed by atoms with Gasteiger partial charge in [-0.3, -0.25) is 9.69 Å². The minimum Gasteiger partial charge on any atom is -0.508 e. The van der Waals surface area contributed by atoms with Crippen LogP contribution in [0.3, 0.4) is 0 Å². The normalized spacial score (nSPS) is 31.5. The molecule has 4 atom stereocenters. The van der Waals surface area contributed by atoms with Gasteiger partial charge in [-0.25, -0.2) is 0 Å². The van der Waals surface area contributed by atoms with Crippen molar-refractivity contribution in [2.45, 2.75) is 62.2 Å². The van der Waals surface area contributed by atoms with Crippen molar-refractivity contribution in [1.82, 2.24) is 4.90 Å². The number of methoxy groups -OCH3 is 1. The number of hydrogen-bond acceptors (Lipinski definition) is 7. The Balaban J connectivity index is 1.34. The zero-order chi connectivity index (χ0) is 25.7. The lowest BCUT2D eigenvalue weighted by molar-refractivity contribution is -0.172. The quantitative estimate of drug-likeness (QED) is 0.494. The standard InChI is InChI=1S/C29H32N2O6/c1-15-3-7-18(36-2)12-20(15)30-27(34)19-13-29(35)22-11-17-6-8-21(32)25-23(17)28(29,26(37-25)24(19)33)9-10-31(22)14-16-4-5-16/h3,6-8,12,16,22,26,32-33,35H,4-5,9-11,13-14H2,1-2H3,(H,30,34)/t22-,26+,28+,29-/m1/s1. The summed E-state index contributed by atoms with van der Waals surface area (Å²) in [4.78, 5) is 16.1. The Morgan fingerprint density at radius 1 is 1.24 bits per heavy atom. The molecule has 2 aromatic rings. The van der Waals surface area contributed by atoms with Gasteiger partial charge in [-0.05, 0) is 68.3 Å². The number of nitrogens with zero attached hydrogens (tertiary/aromatic N) is 1. The van der Waals surface area contributed by atoms with Gasteiger partial charge in [0.15, 0.2) is 17.6 Å². The summed E-state index contributed by atoms with van der Waals surface area (Å²) >= 11 is 0. The summed E-state index contributed by atoms with van der Waals surface area (Å²) in [6, 6.07) is 8.75. The van der Waals surface area contributed by atoms with E-state index in [1.807, 2.05) is 25.1 Å². The van der Waals surface area contributed by atoms with Gasteiger partial charge in [-0.15, -0.1) is 0 Å². The van der Waals surface area contributed by atoms with Crippen molar-refractivity contribution in [3.05, 3.63) is 58.4 Å². The highest BCUT2D eigenvalue weighted by Crippen LogP contribution is 2.66. The van der Waals surface area contributed by atoms with E-state index in [0.29, 0.717) is 35.9 Å². The summed E-state index contributed by atoms with van der Waals surface area (Å²) in [5.74, 6) is 0.937. The first kappa shape index (κ1) is 22.9. The molecule has 0 aromatic heterocycles. The Morgan fingerprint density at radius 2 is 2.05 bits per heavy atom. The number of aliphatic hydroxyl groups is 2. The number of ether oxygens (including phenoxy) is 2. The molecule has 3 aliphatic carbocycles. The number of aliphatic hydroxyl groups excluding tert-OH is 1. The Hall–Kier alpha value is -3.23. The van der Waals surface area contributed by atoms with E-state index in [9.17, 15) is 20.1 Å². The molecule has 1 saturated carbocycles. The highest BCUT2D eigenvalue weighted by Gasteiger charge is 2.73. The Kier molecular flexibility index (Phi) is 4.74. The zero-order valence-electron chi connectivity index (χ0n) is 21.1. The SMILES string of the molecule is COc1ccc(C)c(NC(=O)C2=C(O)[C@@H]3Oc4c(O)ccc5c4[C@@]34CCN(CC3CC3)[C@H](C5)[C@]4(O)C2)c1. The third-order valence-electron chi connectivity index (χ3n) is 9.48. The van der Waals surface area contributed by atoms with Gasteiger partial charge in [0, 0.05) is 36.3 Å². The van der Waals surface area contributed by atoms with Gasteiger partial charge in [-0.2, -0.15) is 0 Å². The van der Waals surface area contributed by atoms with Crippen LogP contribution in [0.4, 0.5) is 5.69 Å². The minimum absolute atomic E-state index is 0.00505. The van der Waals surface area contributed by atoms with E-state index in [0.717, 1.165) is 29.8 Å². The molecule has 0 unspecified atom stereocenters. The van der Waals surface area contributed by atoms with Crippen LogP contribution in [0, 0.1) is 12.8 Å². The number of aromatic hydroxyl groups is 1. The highest BCUT2D eigenvalue weighted by molar-refractivity contribution is 6.05. The Morgan fingerprint density at radius 3 is 2.81 bits per heavy atom. The molecule has 8 nitrogen and oxygen atoms in total. The van der Waals surface area contributed by atoms with Crippen LogP contribution in [0.15, 0.2) is 41.7 Å². The summed E-state index contributed by atoms with van der Waals surface area (Å²) in [5.41, 5.74) is 1.14. The van der Waals surface area contributed by atoms with E-state index in [2.05, 4.69) is 10.2 Å². The van der Waals surface area contributed by atoms with E-state index in [1.165, 1.54) is 12.8 Å². The molecule has 8 heteroatoms. The van der Waals surface area contributed by atoms with Gasteiger partial charge in [0.25, 0.3) is 5.91 Å². The lowest BCUT2D eigenvalue weighted by Crippen LogP contribution is -2.75. The third kappa shape index (κ3) is 3.00. The number of rotatable bonds is 5. The molecule has 2 heterocycles. The fourth-order valence-electron chi connectivity index (χ4n) is 7.43. The zero-order valence-corrected chi connectivity index (χ0v) is 21.1. The topological polar surface area (TPSA) is 111 Å². The second-order valence-electron chi connectivity index (χ2n) is 11.4. The van der Waals surface area contributed by atoms with Crippen LogP contribution in [0.5, 0.6) is 17.2 Å². The second kappa shape index (κ2) is 7.65. The van der Waals surface area contributed by atoms with Crippen LogP contribution in [0.2, 0.25) is 0 Å². The summed E-state index contributed by atoms with van der Waals surface area (Å²) in [6.07, 6.45) is 2.67. The molecule has 2 bridgehead atoms. The van der Waals surface area contributed by atoms with Gasteiger partial charge >= 0.3 is 0 Å². The van der Waals surface area contributed by atoms with Gasteiger partial charge in [0.2, 0.25) is 0 Å². The van der Waals surface area contributed by atoms with Crippen molar-refractivity contribution in [3.8, 4) is 17.2 Å². The molecule has 7 rings (SSSR count). The second-order valence-corrected chi connectivity index (χ2v) is 11.4. The fraction of sp³-hybridized carbons (Fsp3) is 0.483. The number of anilines is 1. The first-order valence-corrected chi connectivity index (χ1v) is 13.1. The van der Waals surface area contributed by atoms with Gasteiger partial charge in [0.1, 0.15) is 11.5 Å². The molecule has 2 aliphatic heterocycles. The fourth-order valence-corrected chi connectivity index (χ4v) is 7.43. The van der Waals surface area contributed by atoms with Crippen molar-refractivity contribution in [1.29, 1.82) is 0 Å². The number of carbonyl (C=O) groups excluding carboxylic acids is 1. The number of phenols is 1. The molecule has 2 aromatic carbocycles. The maximum absolute atomic E-state index is 13.7. The maximum Gasteiger partial charge on any atom is 0.255 e. The predicted octanol–water partition coefficient (Wildman–Crippen LogP) is 3.33. The molecule has 1 amide bonds. The third-order valence-corrected chi connectivity index (χ3v) is 9.48. The Labute approximate surface area is 215 Å². The van der Waals surface area contributed by atoms with Gasteiger partial charge in [-0.1, -0.05) is 12.1 Å². The first-order chi connectivity index (χ1) is 17.8. The summed E-state index contributed by atoms with van der Waals surface area (Å²) < 4.78 is 11.6. The number of hydrogen-bond donors (Lipinski definition) is 4. The molecule has 1 spiro atoms. The van der Waals surface area contributed by atoms with Crippen LogP contribution in [0.25, 0.3) is 0 Å². The number of likely N-dealkylation sites (tertiary alicyclic amines) is 1.